The molecular weight excluding hydrogens is 172 g/mol. The SMILES string of the molecule is Cc1cc(C)c(-c2[c][nH]c(C)c2C)[nH]1. The van der Waals surface area contributed by atoms with Gasteiger partial charge in [0, 0.05) is 17.0 Å². The molecular formula is C12H15N2. The predicted molar refractivity (Wildman–Crippen MR) is 58.4 cm³/mol. The van der Waals surface area contributed by atoms with Gasteiger partial charge >= 0.3 is 0 Å². The van der Waals surface area contributed by atoms with Crippen molar-refractivity contribution in [2.75, 3.05) is 0 Å². The molecule has 0 spiro atoms. The molecule has 0 fully saturated rings. The lowest BCUT2D eigenvalue weighted by Gasteiger charge is -1.98. The molecule has 2 rings (SSSR count). The lowest BCUT2D eigenvalue weighted by molar-refractivity contribution is 1.22. The van der Waals surface area contributed by atoms with E-state index in [2.05, 4.69) is 49.9 Å². The van der Waals surface area contributed by atoms with Crippen molar-refractivity contribution in [3.63, 3.8) is 0 Å². The standard InChI is InChI=1S/C12H15N2/c1-7-5-8(2)14-12(7)11-6-13-10(4)9(11)3/h5,13-14H,1-4H3. The molecule has 2 heterocycles. The van der Waals surface area contributed by atoms with Crippen molar-refractivity contribution in [3.8, 4) is 11.3 Å². The fraction of sp³-hybridized carbons (Fsp3) is 0.333. The molecule has 0 aliphatic rings. The van der Waals surface area contributed by atoms with Crippen molar-refractivity contribution in [2.24, 2.45) is 0 Å². The molecule has 2 N–H and O–H groups in total. The minimum absolute atomic E-state index is 1.16. The van der Waals surface area contributed by atoms with Gasteiger partial charge in [-0.15, -0.1) is 0 Å². The minimum atomic E-state index is 1.16. The zero-order valence-corrected chi connectivity index (χ0v) is 9.08. The highest BCUT2D eigenvalue weighted by molar-refractivity contribution is 5.67. The van der Waals surface area contributed by atoms with Crippen molar-refractivity contribution in [1.29, 1.82) is 0 Å². The summed E-state index contributed by atoms with van der Waals surface area (Å²) in [5.41, 5.74) is 7.28. The maximum Gasteiger partial charge on any atom is 0.0726 e. The van der Waals surface area contributed by atoms with Crippen LogP contribution in [-0.4, -0.2) is 9.97 Å². The normalized spacial score (nSPS) is 10.9. The lowest BCUT2D eigenvalue weighted by atomic mass is 10.1. The van der Waals surface area contributed by atoms with E-state index in [4.69, 9.17) is 0 Å². The zero-order valence-electron chi connectivity index (χ0n) is 9.08. The number of H-pyrrole nitrogens is 2. The maximum atomic E-state index is 3.36. The Morgan fingerprint density at radius 2 is 1.86 bits per heavy atom. The molecule has 1 radical (unpaired) electrons. The predicted octanol–water partition coefficient (Wildman–Crippen LogP) is 3.04. The quantitative estimate of drug-likeness (QED) is 0.687. The van der Waals surface area contributed by atoms with Gasteiger partial charge in [-0.25, -0.2) is 0 Å². The van der Waals surface area contributed by atoms with Crippen molar-refractivity contribution >= 4 is 0 Å². The molecule has 2 aromatic rings. The van der Waals surface area contributed by atoms with E-state index in [1.54, 1.807) is 0 Å². The first-order chi connectivity index (χ1) is 6.59. The van der Waals surface area contributed by atoms with Gasteiger partial charge in [0.15, 0.2) is 0 Å². The zero-order chi connectivity index (χ0) is 10.3. The molecule has 0 saturated carbocycles. The Morgan fingerprint density at radius 3 is 2.29 bits per heavy atom. The second kappa shape index (κ2) is 3.05. The largest absolute Gasteiger partial charge is 0.358 e. The third-order valence-corrected chi connectivity index (χ3v) is 2.71. The van der Waals surface area contributed by atoms with E-state index in [0.717, 1.165) is 5.56 Å². The summed E-state index contributed by atoms with van der Waals surface area (Å²) >= 11 is 0. The molecule has 2 aromatic heterocycles. The van der Waals surface area contributed by atoms with Crippen LogP contribution in [0.5, 0.6) is 0 Å². The summed E-state index contributed by atoms with van der Waals surface area (Å²) in [6.07, 6.45) is 3.19. The number of hydrogen-bond donors (Lipinski definition) is 2. The first-order valence-electron chi connectivity index (χ1n) is 4.83. The number of aryl methyl sites for hydroxylation is 3. The first kappa shape index (κ1) is 9.13. The van der Waals surface area contributed by atoms with Crippen molar-refractivity contribution in [1.82, 2.24) is 9.97 Å². The molecule has 0 saturated heterocycles. The average Bonchev–Trinajstić information content (AvgIpc) is 2.59. The van der Waals surface area contributed by atoms with Crippen LogP contribution in [0.4, 0.5) is 0 Å². The van der Waals surface area contributed by atoms with E-state index in [1.165, 1.54) is 28.2 Å². The van der Waals surface area contributed by atoms with Gasteiger partial charge in [-0.1, -0.05) is 0 Å². The topological polar surface area (TPSA) is 31.6 Å². The summed E-state index contributed by atoms with van der Waals surface area (Å²) in [4.78, 5) is 6.49. The third-order valence-electron chi connectivity index (χ3n) is 2.71. The van der Waals surface area contributed by atoms with E-state index >= 15 is 0 Å². The number of aromatic amines is 2. The Kier molecular flexibility index (Phi) is 1.99. The number of nitrogens with one attached hydrogen (secondary N) is 2. The molecule has 0 atom stereocenters. The molecule has 2 nitrogen and oxygen atoms in total. The van der Waals surface area contributed by atoms with E-state index in [1.807, 2.05) is 0 Å². The highest BCUT2D eigenvalue weighted by atomic mass is 14.8. The fourth-order valence-corrected chi connectivity index (χ4v) is 1.77. The Hall–Kier alpha value is -1.44. The summed E-state index contributed by atoms with van der Waals surface area (Å²) in [5, 5.41) is 0. The van der Waals surface area contributed by atoms with Gasteiger partial charge in [-0.3, -0.25) is 0 Å². The Labute approximate surface area is 84.4 Å². The van der Waals surface area contributed by atoms with Crippen LogP contribution in [0.3, 0.4) is 0 Å². The molecule has 0 bridgehead atoms. The summed E-state index contributed by atoms with van der Waals surface area (Å²) in [6.45, 7) is 8.38. The van der Waals surface area contributed by atoms with E-state index in [-0.39, 0.29) is 0 Å². The first-order valence-corrected chi connectivity index (χ1v) is 4.83. The summed E-state index contributed by atoms with van der Waals surface area (Å²) in [5.74, 6) is 0. The molecule has 0 aliphatic carbocycles. The average molecular weight is 187 g/mol. The fourth-order valence-electron chi connectivity index (χ4n) is 1.77. The van der Waals surface area contributed by atoms with Crippen molar-refractivity contribution in [2.45, 2.75) is 27.7 Å². The molecule has 0 unspecified atom stereocenters. The Bertz CT molecular complexity index is 461. The van der Waals surface area contributed by atoms with Crippen LogP contribution >= 0.6 is 0 Å². The van der Waals surface area contributed by atoms with Gasteiger partial charge in [0.25, 0.3) is 0 Å². The molecule has 0 aromatic carbocycles. The van der Waals surface area contributed by atoms with Crippen LogP contribution < -0.4 is 0 Å². The molecule has 14 heavy (non-hydrogen) atoms. The van der Waals surface area contributed by atoms with E-state index in [9.17, 15) is 0 Å². The molecule has 2 heteroatoms. The second-order valence-electron chi connectivity index (χ2n) is 3.89. The van der Waals surface area contributed by atoms with Crippen LogP contribution in [0.25, 0.3) is 11.3 Å². The maximum absolute atomic E-state index is 3.36. The molecule has 0 amide bonds. The van der Waals surface area contributed by atoms with Gasteiger partial charge in [-0.05, 0) is 44.9 Å². The monoisotopic (exact) mass is 187 g/mol. The third kappa shape index (κ3) is 1.27. The van der Waals surface area contributed by atoms with Gasteiger partial charge in [0.1, 0.15) is 0 Å². The van der Waals surface area contributed by atoms with Crippen LogP contribution in [-0.2, 0) is 0 Å². The van der Waals surface area contributed by atoms with Gasteiger partial charge in [-0.2, -0.15) is 0 Å². The van der Waals surface area contributed by atoms with Crippen LogP contribution in [0.15, 0.2) is 6.07 Å². The number of hydrogen-bond acceptors (Lipinski definition) is 0. The smallest absolute Gasteiger partial charge is 0.0726 e. The minimum Gasteiger partial charge on any atom is -0.358 e. The molecule has 0 aliphatic heterocycles. The number of rotatable bonds is 1. The summed E-state index contributed by atoms with van der Waals surface area (Å²) < 4.78 is 0. The van der Waals surface area contributed by atoms with E-state index < -0.39 is 0 Å². The van der Waals surface area contributed by atoms with Crippen LogP contribution in [0.1, 0.15) is 22.5 Å². The highest BCUT2D eigenvalue weighted by Gasteiger charge is 2.10. The van der Waals surface area contributed by atoms with Gasteiger partial charge in [0.05, 0.1) is 11.9 Å². The number of aromatic nitrogens is 2. The molecule has 73 valence electrons. The van der Waals surface area contributed by atoms with Gasteiger partial charge < -0.3 is 9.97 Å². The van der Waals surface area contributed by atoms with Crippen molar-refractivity contribution < 1.29 is 0 Å². The van der Waals surface area contributed by atoms with Gasteiger partial charge in [0.2, 0.25) is 0 Å². The second-order valence-corrected chi connectivity index (χ2v) is 3.89. The Morgan fingerprint density at radius 1 is 1.14 bits per heavy atom. The summed E-state index contributed by atoms with van der Waals surface area (Å²) in [6, 6.07) is 2.16. The Balaban J connectivity index is 2.59. The highest BCUT2D eigenvalue weighted by Crippen LogP contribution is 2.27. The van der Waals surface area contributed by atoms with Crippen molar-refractivity contribution in [3.05, 3.63) is 34.8 Å². The van der Waals surface area contributed by atoms with Crippen LogP contribution in [0.2, 0.25) is 0 Å². The van der Waals surface area contributed by atoms with Crippen LogP contribution in [0, 0.1) is 33.9 Å². The van der Waals surface area contributed by atoms with E-state index in [0.29, 0.717) is 0 Å². The lowest BCUT2D eigenvalue weighted by Crippen LogP contribution is -1.82. The summed E-state index contributed by atoms with van der Waals surface area (Å²) in [7, 11) is 0.